The van der Waals surface area contributed by atoms with Crippen LogP contribution in [0.15, 0.2) is 71.6 Å². The molecule has 0 radical (unpaired) electrons. The van der Waals surface area contributed by atoms with Crippen LogP contribution in [-0.4, -0.2) is 27.0 Å². The first kappa shape index (κ1) is 24.4. The number of hydrogen-bond donors (Lipinski definition) is 1. The van der Waals surface area contributed by atoms with Gasteiger partial charge in [0.05, 0.1) is 23.2 Å². The Kier molecular flexibility index (Phi) is 6.75. The van der Waals surface area contributed by atoms with E-state index in [1.165, 1.54) is 28.3 Å². The van der Waals surface area contributed by atoms with Crippen molar-refractivity contribution in [2.45, 2.75) is 63.0 Å². The first-order chi connectivity index (χ1) is 17.4. The Morgan fingerprint density at radius 2 is 1.75 bits per heavy atom. The Bertz CT molecular complexity index is 1370. The minimum Gasteiger partial charge on any atom is -0.476 e. The van der Waals surface area contributed by atoms with E-state index in [0.717, 1.165) is 30.4 Å². The second kappa shape index (κ2) is 9.97. The minimum absolute atomic E-state index is 0.0975. The van der Waals surface area contributed by atoms with Gasteiger partial charge in [-0.3, -0.25) is 9.10 Å². The Balaban J connectivity index is 1.40. The van der Waals surface area contributed by atoms with Gasteiger partial charge in [0.25, 0.3) is 15.9 Å². The van der Waals surface area contributed by atoms with E-state index < -0.39 is 16.1 Å². The molecule has 2 aliphatic rings. The molecule has 188 valence electrons. The molecule has 6 nitrogen and oxygen atoms in total. The normalized spacial score (nSPS) is 17.9. The van der Waals surface area contributed by atoms with E-state index in [1.807, 2.05) is 13.8 Å². The average Bonchev–Trinajstić information content (AvgIpc) is 2.90. The van der Waals surface area contributed by atoms with Crippen molar-refractivity contribution in [1.82, 2.24) is 5.32 Å². The van der Waals surface area contributed by atoms with Gasteiger partial charge in [-0.2, -0.15) is 0 Å². The van der Waals surface area contributed by atoms with Crippen molar-refractivity contribution in [3.8, 4) is 5.75 Å². The lowest BCUT2D eigenvalue weighted by molar-refractivity contribution is -0.128. The predicted molar refractivity (Wildman–Crippen MR) is 141 cm³/mol. The zero-order valence-electron chi connectivity index (χ0n) is 20.7. The van der Waals surface area contributed by atoms with E-state index in [0.29, 0.717) is 11.4 Å². The van der Waals surface area contributed by atoms with Crippen molar-refractivity contribution in [1.29, 1.82) is 0 Å². The lowest BCUT2D eigenvalue weighted by Gasteiger charge is -2.35. The number of nitrogens with zero attached hydrogens (tertiary/aromatic N) is 1. The molecule has 1 aliphatic carbocycles. The van der Waals surface area contributed by atoms with Gasteiger partial charge in [0.15, 0.2) is 6.10 Å². The van der Waals surface area contributed by atoms with E-state index in [-0.39, 0.29) is 23.4 Å². The molecular formula is C29H32N2O4S. The molecule has 1 N–H and O–H groups in total. The Hall–Kier alpha value is -3.32. The molecule has 7 heteroatoms. The molecule has 3 aromatic rings. The van der Waals surface area contributed by atoms with Crippen LogP contribution < -0.4 is 14.4 Å². The maximum atomic E-state index is 13.6. The fourth-order valence-electron chi connectivity index (χ4n) is 5.06. The summed E-state index contributed by atoms with van der Waals surface area (Å²) in [4.78, 5) is 13.6. The van der Waals surface area contributed by atoms with Crippen LogP contribution in [0.4, 0.5) is 5.69 Å². The summed E-state index contributed by atoms with van der Waals surface area (Å²) in [6.45, 7) is 3.85. The third-order valence-corrected chi connectivity index (χ3v) is 8.93. The van der Waals surface area contributed by atoms with Crippen LogP contribution >= 0.6 is 0 Å². The topological polar surface area (TPSA) is 75.7 Å². The first-order valence-corrected chi connectivity index (χ1v) is 14.1. The van der Waals surface area contributed by atoms with E-state index in [2.05, 4.69) is 23.5 Å². The zero-order valence-corrected chi connectivity index (χ0v) is 21.6. The van der Waals surface area contributed by atoms with Crippen molar-refractivity contribution in [2.75, 3.05) is 10.8 Å². The SMILES string of the molecule is CC[C@@H](NC(=O)[C@H]1CN(S(=O)(=O)c2ccc(C)cc2)c2ccccc2O1)c1ccc2c(c1)CCCC2. The van der Waals surface area contributed by atoms with Crippen molar-refractivity contribution in [3.63, 3.8) is 0 Å². The van der Waals surface area contributed by atoms with E-state index >= 15 is 0 Å². The third-order valence-electron chi connectivity index (χ3n) is 7.14. The third kappa shape index (κ3) is 4.72. The number of rotatable bonds is 6. The number of hydrogen-bond acceptors (Lipinski definition) is 4. The van der Waals surface area contributed by atoms with Crippen LogP contribution in [0, 0.1) is 6.92 Å². The molecule has 0 saturated heterocycles. The smallest absolute Gasteiger partial charge is 0.264 e. The van der Waals surface area contributed by atoms with Crippen LogP contribution in [0.1, 0.15) is 54.5 Å². The lowest BCUT2D eigenvalue weighted by atomic mass is 9.88. The average molecular weight is 505 g/mol. The number of para-hydroxylation sites is 2. The monoisotopic (exact) mass is 504 g/mol. The lowest BCUT2D eigenvalue weighted by Crippen LogP contribution is -2.51. The van der Waals surface area contributed by atoms with E-state index in [4.69, 9.17) is 4.74 Å². The quantitative estimate of drug-likeness (QED) is 0.507. The summed E-state index contributed by atoms with van der Waals surface area (Å²) in [6.07, 6.45) is 4.36. The van der Waals surface area contributed by atoms with E-state index in [9.17, 15) is 13.2 Å². The number of aryl methyl sites for hydroxylation is 3. The summed E-state index contributed by atoms with van der Waals surface area (Å²) < 4.78 is 34.5. The number of nitrogens with one attached hydrogen (secondary N) is 1. The van der Waals surface area contributed by atoms with Crippen molar-refractivity contribution < 1.29 is 17.9 Å². The number of sulfonamides is 1. The number of carbonyl (C=O) groups is 1. The molecule has 1 amide bonds. The number of amides is 1. The molecule has 1 aliphatic heterocycles. The number of benzene rings is 3. The minimum atomic E-state index is -3.88. The summed E-state index contributed by atoms with van der Waals surface area (Å²) in [6, 6.07) is 20.0. The molecule has 0 unspecified atom stereocenters. The highest BCUT2D eigenvalue weighted by atomic mass is 32.2. The number of anilines is 1. The van der Waals surface area contributed by atoms with Gasteiger partial charge in [-0.15, -0.1) is 0 Å². The number of ether oxygens (including phenoxy) is 1. The fourth-order valence-corrected chi connectivity index (χ4v) is 6.54. The van der Waals surface area contributed by atoms with Gasteiger partial charge in [0.1, 0.15) is 5.75 Å². The molecule has 0 fully saturated rings. The highest BCUT2D eigenvalue weighted by molar-refractivity contribution is 7.92. The first-order valence-electron chi connectivity index (χ1n) is 12.6. The molecule has 5 rings (SSSR count). The molecule has 0 saturated carbocycles. The van der Waals surface area contributed by atoms with Crippen LogP contribution in [0.2, 0.25) is 0 Å². The fraction of sp³-hybridized carbons (Fsp3) is 0.345. The summed E-state index contributed by atoms with van der Waals surface area (Å²) in [7, 11) is -3.88. The highest BCUT2D eigenvalue weighted by Gasteiger charge is 2.38. The summed E-state index contributed by atoms with van der Waals surface area (Å²) in [5.41, 5.74) is 5.25. The molecule has 3 aromatic carbocycles. The molecule has 36 heavy (non-hydrogen) atoms. The van der Waals surface area contributed by atoms with Gasteiger partial charge < -0.3 is 10.1 Å². The van der Waals surface area contributed by atoms with Crippen molar-refractivity contribution in [3.05, 3.63) is 89.0 Å². The molecule has 1 heterocycles. The van der Waals surface area contributed by atoms with Crippen LogP contribution in [0.5, 0.6) is 5.75 Å². The van der Waals surface area contributed by atoms with Crippen LogP contribution in [0.3, 0.4) is 0 Å². The van der Waals surface area contributed by atoms with E-state index in [1.54, 1.807) is 48.5 Å². The summed E-state index contributed by atoms with van der Waals surface area (Å²) in [5, 5.41) is 3.12. The highest BCUT2D eigenvalue weighted by Crippen LogP contribution is 2.37. The maximum Gasteiger partial charge on any atom is 0.264 e. The zero-order chi connectivity index (χ0) is 25.3. The molecule has 0 spiro atoms. The summed E-state index contributed by atoms with van der Waals surface area (Å²) in [5.74, 6) is 0.0552. The standard InChI is InChI=1S/C29H32N2O4S/c1-3-25(23-15-14-21-8-4-5-9-22(21)18-23)30-29(32)28-19-31(26-10-6-7-11-27(26)35-28)36(33,34)24-16-12-20(2)13-17-24/h6-7,10-18,25,28H,3-5,8-9,19H2,1-2H3,(H,30,32)/t25-,28-/m1/s1. The molecule has 0 aromatic heterocycles. The van der Waals surface area contributed by atoms with Crippen molar-refractivity contribution >= 4 is 21.6 Å². The maximum absolute atomic E-state index is 13.6. The number of fused-ring (bicyclic) bond motifs is 2. The largest absolute Gasteiger partial charge is 0.476 e. The van der Waals surface area contributed by atoms with Crippen LogP contribution in [0.25, 0.3) is 0 Å². The Morgan fingerprint density at radius 1 is 1.03 bits per heavy atom. The summed E-state index contributed by atoms with van der Waals surface area (Å²) >= 11 is 0. The van der Waals surface area contributed by atoms with Gasteiger partial charge >= 0.3 is 0 Å². The van der Waals surface area contributed by atoms with Gasteiger partial charge in [0.2, 0.25) is 0 Å². The van der Waals surface area contributed by atoms with Gasteiger partial charge in [0, 0.05) is 0 Å². The van der Waals surface area contributed by atoms with Gasteiger partial charge in [-0.05, 0) is 80.0 Å². The second-order valence-corrected chi connectivity index (χ2v) is 11.5. The molecular weight excluding hydrogens is 472 g/mol. The molecule has 0 bridgehead atoms. The molecule has 2 atom stereocenters. The number of carbonyl (C=O) groups excluding carboxylic acids is 1. The Morgan fingerprint density at radius 3 is 2.50 bits per heavy atom. The van der Waals surface area contributed by atoms with Crippen molar-refractivity contribution in [2.24, 2.45) is 0 Å². The Labute approximate surface area is 213 Å². The van der Waals surface area contributed by atoms with Crippen LogP contribution in [-0.2, 0) is 27.7 Å². The predicted octanol–water partition coefficient (Wildman–Crippen LogP) is 5.10. The van der Waals surface area contributed by atoms with Gasteiger partial charge in [-0.25, -0.2) is 8.42 Å². The second-order valence-electron chi connectivity index (χ2n) is 9.63. The van der Waals surface area contributed by atoms with Gasteiger partial charge in [-0.1, -0.05) is 55.0 Å².